The van der Waals surface area contributed by atoms with E-state index in [0.717, 1.165) is 5.56 Å². The van der Waals surface area contributed by atoms with Crippen molar-refractivity contribution in [2.75, 3.05) is 26.2 Å². The Morgan fingerprint density at radius 1 is 1.07 bits per heavy atom. The third-order valence-electron chi connectivity index (χ3n) is 4.53. The van der Waals surface area contributed by atoms with Crippen LogP contribution in [0.4, 0.5) is 4.79 Å². The Labute approximate surface area is 163 Å². The predicted octanol–water partition coefficient (Wildman–Crippen LogP) is 0.837. The fraction of sp³-hybridized carbons (Fsp3) is 0.474. The zero-order valence-electron chi connectivity index (χ0n) is 15.8. The summed E-state index contributed by atoms with van der Waals surface area (Å²) in [5.41, 5.74) is 0.782. The van der Waals surface area contributed by atoms with Gasteiger partial charge in [-0.1, -0.05) is 30.3 Å². The van der Waals surface area contributed by atoms with E-state index in [1.54, 1.807) is 34.1 Å². The van der Waals surface area contributed by atoms with Gasteiger partial charge in [-0.2, -0.15) is 0 Å². The molecule has 0 aromatic heterocycles. The van der Waals surface area contributed by atoms with Crippen LogP contribution in [0.5, 0.6) is 0 Å². The highest BCUT2D eigenvalue weighted by atomic mass is 16.5. The molecule has 0 unspecified atom stereocenters. The predicted molar refractivity (Wildman–Crippen MR) is 99.3 cm³/mol. The van der Waals surface area contributed by atoms with Crippen LogP contribution in [-0.2, 0) is 25.7 Å². The molecule has 0 radical (unpaired) electrons. The summed E-state index contributed by atoms with van der Waals surface area (Å²) < 4.78 is 5.02. The Morgan fingerprint density at radius 3 is 2.25 bits per heavy atom. The fourth-order valence-electron chi connectivity index (χ4n) is 2.86. The van der Waals surface area contributed by atoms with Gasteiger partial charge in [0, 0.05) is 39.5 Å². The number of rotatable bonds is 7. The van der Waals surface area contributed by atoms with Crippen LogP contribution in [0.2, 0.25) is 0 Å². The molecule has 1 aliphatic heterocycles. The Kier molecular flexibility index (Phi) is 7.79. The van der Waals surface area contributed by atoms with Gasteiger partial charge in [-0.05, 0) is 12.0 Å². The van der Waals surface area contributed by atoms with E-state index in [1.165, 1.54) is 6.92 Å². The van der Waals surface area contributed by atoms with Gasteiger partial charge in [-0.3, -0.25) is 9.59 Å². The number of ether oxygens (including phenoxy) is 1. The number of nitrogens with zero attached hydrogens (tertiary/aromatic N) is 2. The van der Waals surface area contributed by atoms with Gasteiger partial charge in [0.25, 0.3) is 0 Å². The molecule has 0 spiro atoms. The zero-order valence-corrected chi connectivity index (χ0v) is 15.8. The van der Waals surface area contributed by atoms with E-state index in [2.05, 4.69) is 5.32 Å². The van der Waals surface area contributed by atoms with Crippen molar-refractivity contribution in [2.45, 2.75) is 32.4 Å². The standard InChI is InChI=1S/C19H25N3O6/c1-14(23)21-9-11-22(12-10-21)17(24)8-7-16(18(25)26)20-19(27)28-13-15-5-3-2-4-6-15/h2-6,16H,7-13H2,1H3,(H,20,27)(H,25,26)/t16-/m0/s1. The molecule has 3 amide bonds. The molecule has 28 heavy (non-hydrogen) atoms. The van der Waals surface area contributed by atoms with Crippen LogP contribution in [-0.4, -0.2) is 71.0 Å². The zero-order chi connectivity index (χ0) is 20.5. The van der Waals surface area contributed by atoms with E-state index in [4.69, 9.17) is 4.74 Å². The normalized spacial score (nSPS) is 14.9. The van der Waals surface area contributed by atoms with Gasteiger partial charge < -0.3 is 25.0 Å². The first-order valence-corrected chi connectivity index (χ1v) is 9.10. The maximum absolute atomic E-state index is 12.3. The summed E-state index contributed by atoms with van der Waals surface area (Å²) >= 11 is 0. The molecule has 0 aliphatic carbocycles. The Balaban J connectivity index is 1.76. The lowest BCUT2D eigenvalue weighted by Crippen LogP contribution is -2.50. The molecular weight excluding hydrogens is 366 g/mol. The number of nitrogens with one attached hydrogen (secondary N) is 1. The molecule has 2 rings (SSSR count). The second-order valence-corrected chi connectivity index (χ2v) is 6.52. The van der Waals surface area contributed by atoms with Gasteiger partial charge >= 0.3 is 12.1 Å². The van der Waals surface area contributed by atoms with Crippen LogP contribution in [0.25, 0.3) is 0 Å². The number of benzene rings is 1. The van der Waals surface area contributed by atoms with Crippen molar-refractivity contribution < 1.29 is 29.0 Å². The van der Waals surface area contributed by atoms with Gasteiger partial charge in [0.15, 0.2) is 0 Å². The Hall–Kier alpha value is -3.10. The number of carbonyl (C=O) groups is 4. The third-order valence-corrected chi connectivity index (χ3v) is 4.53. The fourth-order valence-corrected chi connectivity index (χ4v) is 2.86. The van der Waals surface area contributed by atoms with Crippen LogP contribution in [0.15, 0.2) is 30.3 Å². The number of piperazine rings is 1. The molecule has 1 aromatic carbocycles. The SMILES string of the molecule is CC(=O)N1CCN(C(=O)CC[C@H](NC(=O)OCc2ccccc2)C(=O)O)CC1. The van der Waals surface area contributed by atoms with Crippen LogP contribution >= 0.6 is 0 Å². The van der Waals surface area contributed by atoms with Gasteiger partial charge in [0.2, 0.25) is 11.8 Å². The van der Waals surface area contributed by atoms with Crippen molar-refractivity contribution in [1.29, 1.82) is 0 Å². The quantitative estimate of drug-likeness (QED) is 0.711. The summed E-state index contributed by atoms with van der Waals surface area (Å²) in [4.78, 5) is 50.1. The molecule has 1 heterocycles. The van der Waals surface area contributed by atoms with Gasteiger partial charge in [0.1, 0.15) is 12.6 Å². The Bertz CT molecular complexity index is 701. The summed E-state index contributed by atoms with van der Waals surface area (Å²) in [6.07, 6.45) is -0.906. The molecule has 9 heteroatoms. The minimum atomic E-state index is -1.23. The highest BCUT2D eigenvalue weighted by Gasteiger charge is 2.26. The van der Waals surface area contributed by atoms with E-state index < -0.39 is 18.1 Å². The number of aliphatic carboxylic acids is 1. The molecule has 2 N–H and O–H groups in total. The average molecular weight is 391 g/mol. The maximum atomic E-state index is 12.3. The monoisotopic (exact) mass is 391 g/mol. The molecule has 1 atom stereocenters. The number of carbonyl (C=O) groups excluding carboxylic acids is 3. The smallest absolute Gasteiger partial charge is 0.408 e. The van der Waals surface area contributed by atoms with E-state index in [1.807, 2.05) is 6.07 Å². The highest BCUT2D eigenvalue weighted by Crippen LogP contribution is 2.08. The van der Waals surface area contributed by atoms with Crippen molar-refractivity contribution >= 4 is 23.9 Å². The molecule has 0 bridgehead atoms. The number of carboxylic acid groups (broad SMARTS) is 1. The number of amides is 3. The molecule has 1 aromatic rings. The lowest BCUT2D eigenvalue weighted by molar-refractivity contribution is -0.141. The largest absolute Gasteiger partial charge is 0.480 e. The van der Waals surface area contributed by atoms with Crippen LogP contribution < -0.4 is 5.32 Å². The third kappa shape index (κ3) is 6.57. The van der Waals surface area contributed by atoms with Crippen LogP contribution in [0.1, 0.15) is 25.3 Å². The highest BCUT2D eigenvalue weighted by molar-refractivity contribution is 5.82. The van der Waals surface area contributed by atoms with Gasteiger partial charge in [0.05, 0.1) is 0 Å². The number of carboxylic acids is 1. The maximum Gasteiger partial charge on any atom is 0.408 e. The van der Waals surface area contributed by atoms with Crippen LogP contribution in [0.3, 0.4) is 0 Å². The van der Waals surface area contributed by atoms with E-state index in [0.29, 0.717) is 26.2 Å². The summed E-state index contributed by atoms with van der Waals surface area (Å²) in [5, 5.41) is 11.6. The Morgan fingerprint density at radius 2 is 1.68 bits per heavy atom. The number of hydrogen-bond donors (Lipinski definition) is 2. The molecule has 9 nitrogen and oxygen atoms in total. The topological polar surface area (TPSA) is 116 Å². The lowest BCUT2D eigenvalue weighted by Gasteiger charge is -2.34. The summed E-state index contributed by atoms with van der Waals surface area (Å²) in [6, 6.07) is 7.79. The summed E-state index contributed by atoms with van der Waals surface area (Å²) in [5.74, 6) is -1.46. The second kappa shape index (κ2) is 10.3. The second-order valence-electron chi connectivity index (χ2n) is 6.52. The first kappa shape index (κ1) is 21.2. The first-order chi connectivity index (χ1) is 13.4. The molecule has 0 saturated carbocycles. The molecular formula is C19H25N3O6. The van der Waals surface area contributed by atoms with Crippen molar-refractivity contribution in [2.24, 2.45) is 0 Å². The van der Waals surface area contributed by atoms with E-state index in [9.17, 15) is 24.3 Å². The lowest BCUT2D eigenvalue weighted by atomic mass is 10.1. The summed E-state index contributed by atoms with van der Waals surface area (Å²) in [7, 11) is 0. The van der Waals surface area contributed by atoms with Crippen molar-refractivity contribution in [3.05, 3.63) is 35.9 Å². The van der Waals surface area contributed by atoms with Crippen LogP contribution in [0, 0.1) is 0 Å². The van der Waals surface area contributed by atoms with Gasteiger partial charge in [-0.15, -0.1) is 0 Å². The van der Waals surface area contributed by atoms with E-state index >= 15 is 0 Å². The first-order valence-electron chi connectivity index (χ1n) is 9.10. The summed E-state index contributed by atoms with van der Waals surface area (Å²) in [6.45, 7) is 3.28. The number of alkyl carbamates (subject to hydrolysis) is 1. The minimum absolute atomic E-state index is 0.0179. The molecule has 1 aliphatic rings. The minimum Gasteiger partial charge on any atom is -0.480 e. The van der Waals surface area contributed by atoms with Crippen molar-refractivity contribution in [1.82, 2.24) is 15.1 Å². The van der Waals surface area contributed by atoms with Crippen molar-refractivity contribution in [3.8, 4) is 0 Å². The van der Waals surface area contributed by atoms with Gasteiger partial charge in [-0.25, -0.2) is 9.59 Å². The average Bonchev–Trinajstić information content (AvgIpc) is 2.70. The van der Waals surface area contributed by atoms with Crippen molar-refractivity contribution in [3.63, 3.8) is 0 Å². The molecule has 1 saturated heterocycles. The van der Waals surface area contributed by atoms with E-state index in [-0.39, 0.29) is 31.3 Å². The molecule has 152 valence electrons. The molecule has 1 fully saturated rings. The number of hydrogen-bond acceptors (Lipinski definition) is 5.